The van der Waals surface area contributed by atoms with E-state index in [0.29, 0.717) is 29.0 Å². The summed E-state index contributed by atoms with van der Waals surface area (Å²) in [6.45, 7) is 4.33. The lowest BCUT2D eigenvalue weighted by atomic mass is 10.3. The molecule has 0 N–H and O–H groups in total. The van der Waals surface area contributed by atoms with Gasteiger partial charge < -0.3 is 14.2 Å². The minimum absolute atomic E-state index is 0.164. The zero-order valence-electron chi connectivity index (χ0n) is 14.4. The van der Waals surface area contributed by atoms with E-state index in [2.05, 4.69) is 10.1 Å². The molecule has 3 aromatic rings. The van der Waals surface area contributed by atoms with Gasteiger partial charge in [0.25, 0.3) is 5.91 Å². The van der Waals surface area contributed by atoms with Crippen molar-refractivity contribution >= 4 is 28.8 Å². The van der Waals surface area contributed by atoms with Crippen molar-refractivity contribution in [3.05, 3.63) is 52.7 Å². The molecule has 0 saturated heterocycles. The number of aromatic nitrogens is 2. The van der Waals surface area contributed by atoms with Crippen LogP contribution in [0.25, 0.3) is 10.7 Å². The molecule has 1 amide bonds. The molecule has 8 heteroatoms. The van der Waals surface area contributed by atoms with Crippen LogP contribution in [0.1, 0.15) is 19.7 Å². The fraction of sp³-hybridized carbons (Fsp3) is 0.278. The highest BCUT2D eigenvalue weighted by Gasteiger charge is 2.23. The van der Waals surface area contributed by atoms with Gasteiger partial charge >= 0.3 is 0 Å². The average Bonchev–Trinajstić information content (AvgIpc) is 3.30. The fourth-order valence-electron chi connectivity index (χ4n) is 2.39. The third-order valence-electron chi connectivity index (χ3n) is 3.69. The Kier molecular flexibility index (Phi) is 5.90. The number of hydrogen-bond donors (Lipinski definition) is 0. The number of halogens is 1. The van der Waals surface area contributed by atoms with Crippen LogP contribution in [0.3, 0.4) is 0 Å². The Labute approximate surface area is 160 Å². The van der Waals surface area contributed by atoms with Gasteiger partial charge in [0.1, 0.15) is 12.3 Å². The van der Waals surface area contributed by atoms with E-state index in [-0.39, 0.29) is 12.5 Å². The monoisotopic (exact) mass is 391 g/mol. The fourth-order valence-corrected chi connectivity index (χ4v) is 3.22. The van der Waals surface area contributed by atoms with Gasteiger partial charge in [-0.05, 0) is 43.5 Å². The highest BCUT2D eigenvalue weighted by Crippen LogP contribution is 2.22. The summed E-state index contributed by atoms with van der Waals surface area (Å²) in [6, 6.07) is 10.8. The third-order valence-corrected chi connectivity index (χ3v) is 4.79. The number of hydrogen-bond acceptors (Lipinski definition) is 6. The van der Waals surface area contributed by atoms with Crippen molar-refractivity contribution in [1.29, 1.82) is 0 Å². The maximum absolute atomic E-state index is 12.7. The number of benzene rings is 1. The molecule has 2 heterocycles. The summed E-state index contributed by atoms with van der Waals surface area (Å²) >= 11 is 7.48. The first-order valence-corrected chi connectivity index (χ1v) is 9.40. The van der Waals surface area contributed by atoms with Crippen LogP contribution < -0.4 is 4.74 Å². The largest absolute Gasteiger partial charge is 0.481 e. The molecule has 1 aromatic carbocycles. The van der Waals surface area contributed by atoms with E-state index in [9.17, 15) is 4.79 Å². The van der Waals surface area contributed by atoms with E-state index in [1.54, 1.807) is 36.1 Å². The molecule has 1 unspecified atom stereocenters. The van der Waals surface area contributed by atoms with Gasteiger partial charge in [-0.15, -0.1) is 11.3 Å². The van der Waals surface area contributed by atoms with Gasteiger partial charge in [0.05, 0.1) is 4.88 Å². The number of thiophene rings is 1. The van der Waals surface area contributed by atoms with E-state index < -0.39 is 6.10 Å². The summed E-state index contributed by atoms with van der Waals surface area (Å²) in [6.07, 6.45) is -0.659. The Morgan fingerprint density at radius 3 is 2.92 bits per heavy atom. The number of rotatable bonds is 7. The Bertz CT molecular complexity index is 866. The van der Waals surface area contributed by atoms with Crippen molar-refractivity contribution in [3.8, 4) is 16.5 Å². The van der Waals surface area contributed by atoms with Crippen molar-refractivity contribution in [2.24, 2.45) is 0 Å². The predicted molar refractivity (Wildman–Crippen MR) is 100 cm³/mol. The second-order valence-electron chi connectivity index (χ2n) is 5.56. The summed E-state index contributed by atoms with van der Waals surface area (Å²) in [5.74, 6) is 1.30. The first-order valence-electron chi connectivity index (χ1n) is 8.14. The van der Waals surface area contributed by atoms with Gasteiger partial charge in [-0.3, -0.25) is 4.79 Å². The van der Waals surface area contributed by atoms with Gasteiger partial charge in [-0.1, -0.05) is 28.9 Å². The lowest BCUT2D eigenvalue weighted by Gasteiger charge is -2.23. The number of amides is 1. The van der Waals surface area contributed by atoms with Gasteiger partial charge in [0.2, 0.25) is 11.7 Å². The second kappa shape index (κ2) is 8.33. The SMILES string of the molecule is CCN(Cc1nc(-c2cccs2)no1)C(=O)C(C)Oc1cccc(Cl)c1. The minimum Gasteiger partial charge on any atom is -0.481 e. The summed E-state index contributed by atoms with van der Waals surface area (Å²) < 4.78 is 11.0. The van der Waals surface area contributed by atoms with Gasteiger partial charge in [-0.2, -0.15) is 4.98 Å². The molecule has 0 spiro atoms. The number of carbonyl (C=O) groups excluding carboxylic acids is 1. The van der Waals surface area contributed by atoms with Crippen molar-refractivity contribution < 1.29 is 14.1 Å². The summed E-state index contributed by atoms with van der Waals surface area (Å²) in [7, 11) is 0. The molecule has 0 aliphatic carbocycles. The zero-order chi connectivity index (χ0) is 18.5. The van der Waals surface area contributed by atoms with Gasteiger partial charge in [-0.25, -0.2) is 0 Å². The van der Waals surface area contributed by atoms with Crippen molar-refractivity contribution in [3.63, 3.8) is 0 Å². The third kappa shape index (κ3) is 4.42. The molecule has 0 fully saturated rings. The zero-order valence-corrected chi connectivity index (χ0v) is 16.0. The van der Waals surface area contributed by atoms with E-state index in [1.165, 1.54) is 11.3 Å². The van der Waals surface area contributed by atoms with Crippen LogP contribution in [-0.4, -0.2) is 33.6 Å². The highest BCUT2D eigenvalue weighted by atomic mass is 35.5. The Morgan fingerprint density at radius 1 is 1.38 bits per heavy atom. The summed E-state index contributed by atoms with van der Waals surface area (Å²) in [5, 5.41) is 6.47. The normalized spacial score (nSPS) is 12.0. The maximum atomic E-state index is 12.7. The number of ether oxygens (including phenoxy) is 1. The van der Waals surface area contributed by atoms with Crippen molar-refractivity contribution in [2.45, 2.75) is 26.5 Å². The quantitative estimate of drug-likeness (QED) is 0.601. The van der Waals surface area contributed by atoms with Gasteiger partial charge in [0, 0.05) is 11.6 Å². The predicted octanol–water partition coefficient (Wildman–Crippen LogP) is 4.27. The maximum Gasteiger partial charge on any atom is 0.263 e. The smallest absolute Gasteiger partial charge is 0.263 e. The van der Waals surface area contributed by atoms with Gasteiger partial charge in [0.15, 0.2) is 6.10 Å². The molecular formula is C18H18ClN3O3S. The molecule has 0 aliphatic rings. The number of nitrogens with zero attached hydrogens (tertiary/aromatic N) is 3. The van der Waals surface area contributed by atoms with Crippen LogP contribution in [0, 0.1) is 0 Å². The molecule has 0 aliphatic heterocycles. The van der Waals surface area contributed by atoms with E-state index in [4.69, 9.17) is 20.9 Å². The van der Waals surface area contributed by atoms with Crippen molar-refractivity contribution in [2.75, 3.05) is 6.54 Å². The number of likely N-dealkylation sites (N-methyl/N-ethyl adjacent to an activating group) is 1. The lowest BCUT2D eigenvalue weighted by molar-refractivity contribution is -0.138. The Morgan fingerprint density at radius 2 is 2.23 bits per heavy atom. The molecule has 0 bridgehead atoms. The van der Waals surface area contributed by atoms with Crippen LogP contribution >= 0.6 is 22.9 Å². The topological polar surface area (TPSA) is 68.5 Å². The molecular weight excluding hydrogens is 374 g/mol. The first kappa shape index (κ1) is 18.4. The summed E-state index contributed by atoms with van der Waals surface area (Å²) in [4.78, 5) is 19.6. The average molecular weight is 392 g/mol. The number of carbonyl (C=O) groups is 1. The standard InChI is InChI=1S/C18H18ClN3O3S/c1-3-22(11-16-20-17(21-25-16)15-8-5-9-26-15)18(23)12(2)24-14-7-4-6-13(19)10-14/h4-10,12H,3,11H2,1-2H3. The molecule has 0 radical (unpaired) electrons. The molecule has 0 saturated carbocycles. The van der Waals surface area contributed by atoms with Crippen LogP contribution in [0.5, 0.6) is 5.75 Å². The van der Waals surface area contributed by atoms with E-state index in [0.717, 1.165) is 4.88 Å². The Balaban J connectivity index is 1.65. The molecule has 2 aromatic heterocycles. The van der Waals surface area contributed by atoms with Crippen LogP contribution in [0.15, 0.2) is 46.3 Å². The lowest BCUT2D eigenvalue weighted by Crippen LogP contribution is -2.40. The van der Waals surface area contributed by atoms with Crippen LogP contribution in [0.2, 0.25) is 5.02 Å². The van der Waals surface area contributed by atoms with Crippen LogP contribution in [-0.2, 0) is 11.3 Å². The second-order valence-corrected chi connectivity index (χ2v) is 6.94. The Hall–Kier alpha value is -2.38. The van der Waals surface area contributed by atoms with Crippen LogP contribution in [0.4, 0.5) is 0 Å². The summed E-state index contributed by atoms with van der Waals surface area (Å²) in [5.41, 5.74) is 0. The first-order chi connectivity index (χ1) is 12.6. The highest BCUT2D eigenvalue weighted by molar-refractivity contribution is 7.13. The molecule has 136 valence electrons. The molecule has 3 rings (SSSR count). The van der Waals surface area contributed by atoms with Crippen molar-refractivity contribution in [1.82, 2.24) is 15.0 Å². The molecule has 1 atom stereocenters. The van der Waals surface area contributed by atoms with E-state index >= 15 is 0 Å². The molecule has 6 nitrogen and oxygen atoms in total. The van der Waals surface area contributed by atoms with E-state index in [1.807, 2.05) is 24.4 Å². The molecule has 26 heavy (non-hydrogen) atoms. The minimum atomic E-state index is -0.659.